The minimum absolute atomic E-state index is 1.07. The fourth-order valence-electron chi connectivity index (χ4n) is 1.23. The van der Waals surface area contributed by atoms with Gasteiger partial charge in [-0.1, -0.05) is 0 Å². The second kappa shape index (κ2) is 3.31. The van der Waals surface area contributed by atoms with Crippen LogP contribution in [-0.2, 0) is 0 Å². The maximum absolute atomic E-state index is 4.39. The van der Waals surface area contributed by atoms with E-state index in [9.17, 15) is 0 Å². The van der Waals surface area contributed by atoms with E-state index >= 15 is 0 Å². The zero-order chi connectivity index (χ0) is 8.39. The second-order valence-corrected chi connectivity index (χ2v) is 3.52. The van der Waals surface area contributed by atoms with Gasteiger partial charge < -0.3 is 9.80 Å². The van der Waals surface area contributed by atoms with Crippen molar-refractivity contribution in [2.45, 2.75) is 0 Å². The lowest BCUT2D eigenvalue weighted by atomic mass is 10.4. The first-order chi connectivity index (χ1) is 5.84. The third-order valence-electron chi connectivity index (χ3n) is 2.34. The highest BCUT2D eigenvalue weighted by Gasteiger charge is 2.14. The summed E-state index contributed by atoms with van der Waals surface area (Å²) in [6.45, 7) is 6.80. The van der Waals surface area contributed by atoms with Crippen molar-refractivity contribution in [2.75, 3.05) is 46.3 Å². The predicted octanol–water partition coefficient (Wildman–Crippen LogP) is -0.507. The van der Waals surface area contributed by atoms with Gasteiger partial charge in [0.2, 0.25) is 0 Å². The van der Waals surface area contributed by atoms with Crippen LogP contribution in [0, 0.1) is 0 Å². The van der Waals surface area contributed by atoms with Gasteiger partial charge in [-0.2, -0.15) is 5.10 Å². The molecule has 0 N–H and O–H groups in total. The van der Waals surface area contributed by atoms with E-state index in [1.807, 2.05) is 6.34 Å². The Labute approximate surface area is 73.4 Å². The van der Waals surface area contributed by atoms with Gasteiger partial charge in [0.25, 0.3) is 0 Å². The molecule has 0 aliphatic carbocycles. The maximum Gasteiger partial charge on any atom is 0.111 e. The van der Waals surface area contributed by atoms with Gasteiger partial charge in [-0.15, -0.1) is 0 Å². The maximum atomic E-state index is 4.39. The molecule has 0 bridgehead atoms. The predicted molar refractivity (Wildman–Crippen MR) is 49.1 cm³/mol. The molecular formula is C8H16N4. The molecule has 4 heteroatoms. The van der Waals surface area contributed by atoms with Crippen LogP contribution in [0.1, 0.15) is 0 Å². The van der Waals surface area contributed by atoms with Crippen LogP contribution < -0.4 is 0 Å². The third-order valence-corrected chi connectivity index (χ3v) is 2.34. The van der Waals surface area contributed by atoms with Crippen molar-refractivity contribution in [3.63, 3.8) is 0 Å². The topological polar surface area (TPSA) is 21.9 Å². The average molecular weight is 168 g/mol. The first kappa shape index (κ1) is 7.86. The molecule has 4 nitrogen and oxygen atoms in total. The minimum atomic E-state index is 1.07. The molecule has 0 amide bonds. The molecule has 2 heterocycles. The van der Waals surface area contributed by atoms with Gasteiger partial charge in [-0.3, -0.25) is 5.01 Å². The molecule has 0 atom stereocenters. The van der Waals surface area contributed by atoms with Gasteiger partial charge in [0.05, 0.1) is 0 Å². The molecule has 2 fully saturated rings. The van der Waals surface area contributed by atoms with Crippen LogP contribution >= 0.6 is 0 Å². The molecule has 0 aromatic rings. The van der Waals surface area contributed by atoms with Crippen LogP contribution in [0.4, 0.5) is 0 Å². The summed E-state index contributed by atoms with van der Waals surface area (Å²) >= 11 is 0. The van der Waals surface area contributed by atoms with Crippen molar-refractivity contribution >= 4 is 6.34 Å². The second-order valence-electron chi connectivity index (χ2n) is 3.52. The SMILES string of the molecule is CN1CCN(/N=C\N2CC2)CC1. The van der Waals surface area contributed by atoms with E-state index < -0.39 is 0 Å². The van der Waals surface area contributed by atoms with Crippen LogP contribution in [0.5, 0.6) is 0 Å². The summed E-state index contributed by atoms with van der Waals surface area (Å²) in [4.78, 5) is 4.54. The van der Waals surface area contributed by atoms with Crippen molar-refractivity contribution in [3.05, 3.63) is 0 Å². The summed E-state index contributed by atoms with van der Waals surface area (Å²) < 4.78 is 0. The Kier molecular flexibility index (Phi) is 2.17. The third kappa shape index (κ3) is 2.11. The van der Waals surface area contributed by atoms with Crippen molar-refractivity contribution in [1.29, 1.82) is 0 Å². The molecule has 0 aromatic heterocycles. The molecule has 0 spiro atoms. The van der Waals surface area contributed by atoms with Gasteiger partial charge in [0.1, 0.15) is 6.34 Å². The summed E-state index contributed by atoms with van der Waals surface area (Å²) in [5.74, 6) is 0. The fraction of sp³-hybridized carbons (Fsp3) is 0.875. The van der Waals surface area contributed by atoms with Gasteiger partial charge >= 0.3 is 0 Å². The van der Waals surface area contributed by atoms with Crippen molar-refractivity contribution in [2.24, 2.45) is 5.10 Å². The van der Waals surface area contributed by atoms with Gasteiger partial charge in [0, 0.05) is 39.3 Å². The lowest BCUT2D eigenvalue weighted by Crippen LogP contribution is -2.41. The van der Waals surface area contributed by atoms with E-state index in [0.717, 1.165) is 26.2 Å². The van der Waals surface area contributed by atoms with E-state index in [-0.39, 0.29) is 0 Å². The minimum Gasteiger partial charge on any atom is -0.358 e. The van der Waals surface area contributed by atoms with Crippen molar-refractivity contribution < 1.29 is 0 Å². The zero-order valence-corrected chi connectivity index (χ0v) is 7.61. The van der Waals surface area contributed by atoms with E-state index in [2.05, 4.69) is 27.0 Å². The quantitative estimate of drug-likeness (QED) is 0.315. The standard InChI is InChI=1S/C8H16N4/c1-10-2-6-12(7-3-10)9-8-11-4-5-11/h8H,2-7H2,1H3/b9-8-. The van der Waals surface area contributed by atoms with E-state index in [1.54, 1.807) is 0 Å². The largest absolute Gasteiger partial charge is 0.358 e. The summed E-state index contributed by atoms with van der Waals surface area (Å²) in [6, 6.07) is 0. The first-order valence-electron chi connectivity index (χ1n) is 4.56. The van der Waals surface area contributed by atoms with Gasteiger partial charge in [-0.25, -0.2) is 0 Å². The van der Waals surface area contributed by atoms with Crippen molar-refractivity contribution in [3.8, 4) is 0 Å². The molecule has 2 saturated heterocycles. The van der Waals surface area contributed by atoms with Crippen LogP contribution in [0.15, 0.2) is 5.10 Å². The molecule has 0 unspecified atom stereocenters. The molecule has 0 aromatic carbocycles. The van der Waals surface area contributed by atoms with E-state index in [1.165, 1.54) is 13.1 Å². The van der Waals surface area contributed by atoms with Crippen LogP contribution in [-0.4, -0.2) is 67.5 Å². The summed E-state index contributed by atoms with van der Waals surface area (Å²) in [5, 5.41) is 6.54. The summed E-state index contributed by atoms with van der Waals surface area (Å²) in [5.41, 5.74) is 0. The fourth-order valence-corrected chi connectivity index (χ4v) is 1.23. The molecule has 68 valence electrons. The number of hydrogen-bond donors (Lipinski definition) is 0. The Morgan fingerprint density at radius 2 is 1.67 bits per heavy atom. The number of hydrogen-bond acceptors (Lipinski definition) is 3. The lowest BCUT2D eigenvalue weighted by Gasteiger charge is -2.30. The highest BCUT2D eigenvalue weighted by atomic mass is 15.5. The zero-order valence-electron chi connectivity index (χ0n) is 7.61. The average Bonchev–Trinajstić information content (AvgIpc) is 2.87. The van der Waals surface area contributed by atoms with Crippen LogP contribution in [0.2, 0.25) is 0 Å². The normalized spacial score (nSPS) is 25.4. The summed E-state index contributed by atoms with van der Waals surface area (Å²) in [7, 11) is 2.16. The van der Waals surface area contributed by atoms with Crippen molar-refractivity contribution in [1.82, 2.24) is 14.8 Å². The van der Waals surface area contributed by atoms with E-state index in [4.69, 9.17) is 0 Å². The van der Waals surface area contributed by atoms with E-state index in [0.29, 0.717) is 0 Å². The Bertz CT molecular complexity index is 168. The highest BCUT2D eigenvalue weighted by molar-refractivity contribution is 5.57. The number of piperazine rings is 1. The number of rotatable bonds is 2. The summed E-state index contributed by atoms with van der Waals surface area (Å²) in [6.07, 6.45) is 1.96. The number of likely N-dealkylation sites (N-methyl/N-ethyl adjacent to an activating group) is 1. The molecule has 12 heavy (non-hydrogen) atoms. The Morgan fingerprint density at radius 1 is 1.00 bits per heavy atom. The Balaban J connectivity index is 1.73. The van der Waals surface area contributed by atoms with Crippen LogP contribution in [0.25, 0.3) is 0 Å². The van der Waals surface area contributed by atoms with Gasteiger partial charge in [0.15, 0.2) is 0 Å². The van der Waals surface area contributed by atoms with Gasteiger partial charge in [-0.05, 0) is 7.05 Å². The highest BCUT2D eigenvalue weighted by Crippen LogP contribution is 2.02. The van der Waals surface area contributed by atoms with Crippen LogP contribution in [0.3, 0.4) is 0 Å². The monoisotopic (exact) mass is 168 g/mol. The Hall–Kier alpha value is -0.770. The lowest BCUT2D eigenvalue weighted by molar-refractivity contribution is 0.159. The molecule has 2 aliphatic heterocycles. The first-order valence-corrected chi connectivity index (χ1v) is 4.56. The number of hydrazone groups is 1. The number of nitrogens with zero attached hydrogens (tertiary/aromatic N) is 4. The molecule has 0 radical (unpaired) electrons. The smallest absolute Gasteiger partial charge is 0.111 e. The Morgan fingerprint density at radius 3 is 2.25 bits per heavy atom. The molecule has 2 aliphatic rings. The molecular weight excluding hydrogens is 152 g/mol. The molecule has 2 rings (SSSR count). The molecule has 0 saturated carbocycles.